The van der Waals surface area contributed by atoms with Crippen LogP contribution in [0.5, 0.6) is 0 Å². The summed E-state index contributed by atoms with van der Waals surface area (Å²) < 4.78 is 5.16. The molecule has 1 aliphatic rings. The minimum Gasteiger partial charge on any atom is -0.378 e. The molecule has 1 aliphatic heterocycles. The first-order chi connectivity index (χ1) is 8.15. The van der Waals surface area contributed by atoms with E-state index >= 15 is 0 Å². The fraction of sp³-hybridized carbons (Fsp3) is 0.818. The first kappa shape index (κ1) is 13.9. The molecule has 0 aromatic heterocycles. The van der Waals surface area contributed by atoms with E-state index in [1.54, 1.807) is 4.90 Å². The molecule has 0 unspecified atom stereocenters. The summed E-state index contributed by atoms with van der Waals surface area (Å²) in [6.07, 6.45) is 0.922. The number of nitrogens with two attached hydrogens (primary N) is 1. The van der Waals surface area contributed by atoms with Gasteiger partial charge >= 0.3 is 0 Å². The van der Waals surface area contributed by atoms with E-state index in [1.165, 1.54) is 0 Å². The van der Waals surface area contributed by atoms with Crippen molar-refractivity contribution in [3.8, 4) is 0 Å². The molecule has 0 aromatic carbocycles. The summed E-state index contributed by atoms with van der Waals surface area (Å²) in [5, 5.41) is 2.66. The summed E-state index contributed by atoms with van der Waals surface area (Å²) in [6, 6.07) is -0.478. The third kappa shape index (κ3) is 4.70. The molecule has 1 rings (SSSR count). The van der Waals surface area contributed by atoms with Gasteiger partial charge in [-0.05, 0) is 6.42 Å². The van der Waals surface area contributed by atoms with E-state index in [-0.39, 0.29) is 11.8 Å². The van der Waals surface area contributed by atoms with Crippen LogP contribution in [0, 0.1) is 0 Å². The Balaban J connectivity index is 2.17. The van der Waals surface area contributed by atoms with E-state index in [2.05, 4.69) is 5.32 Å². The van der Waals surface area contributed by atoms with Crippen LogP contribution in [0.4, 0.5) is 0 Å². The van der Waals surface area contributed by atoms with Gasteiger partial charge in [0.1, 0.15) is 0 Å². The van der Waals surface area contributed by atoms with E-state index < -0.39 is 6.04 Å². The predicted molar refractivity (Wildman–Crippen MR) is 63.3 cm³/mol. The monoisotopic (exact) mass is 243 g/mol. The highest BCUT2D eigenvalue weighted by Crippen LogP contribution is 1.99. The predicted octanol–water partition coefficient (Wildman–Crippen LogP) is -0.911. The summed E-state index contributed by atoms with van der Waals surface area (Å²) in [5.41, 5.74) is 5.55. The van der Waals surface area contributed by atoms with Gasteiger partial charge in [-0.3, -0.25) is 9.59 Å². The van der Waals surface area contributed by atoms with Gasteiger partial charge in [-0.15, -0.1) is 0 Å². The van der Waals surface area contributed by atoms with Crippen LogP contribution in [0.3, 0.4) is 0 Å². The zero-order valence-corrected chi connectivity index (χ0v) is 10.3. The van der Waals surface area contributed by atoms with Crippen molar-refractivity contribution < 1.29 is 14.3 Å². The van der Waals surface area contributed by atoms with Gasteiger partial charge in [0.2, 0.25) is 11.8 Å². The molecule has 0 aliphatic carbocycles. The minimum atomic E-state index is -0.478. The van der Waals surface area contributed by atoms with Crippen LogP contribution in [0.2, 0.25) is 0 Å². The second-order valence-electron chi connectivity index (χ2n) is 4.05. The average Bonchev–Trinajstić information content (AvgIpc) is 2.38. The summed E-state index contributed by atoms with van der Waals surface area (Å²) in [6.45, 7) is 4.67. The Kier molecular flexibility index (Phi) is 5.93. The van der Waals surface area contributed by atoms with Crippen molar-refractivity contribution in [1.29, 1.82) is 0 Å². The van der Waals surface area contributed by atoms with Crippen molar-refractivity contribution in [3.63, 3.8) is 0 Å². The quantitative estimate of drug-likeness (QED) is 0.654. The van der Waals surface area contributed by atoms with Crippen LogP contribution in [0.15, 0.2) is 0 Å². The number of nitrogens with zero attached hydrogens (tertiary/aromatic N) is 1. The SMILES string of the molecule is CC[C@@H](N)C(=O)NCCC(=O)N1CCOCC1. The average molecular weight is 243 g/mol. The van der Waals surface area contributed by atoms with Gasteiger partial charge in [-0.25, -0.2) is 0 Å². The van der Waals surface area contributed by atoms with Crippen molar-refractivity contribution in [2.75, 3.05) is 32.8 Å². The first-order valence-corrected chi connectivity index (χ1v) is 6.04. The molecule has 0 spiro atoms. The highest BCUT2D eigenvalue weighted by molar-refractivity contribution is 5.82. The van der Waals surface area contributed by atoms with Gasteiger partial charge in [0, 0.05) is 26.1 Å². The third-order valence-electron chi connectivity index (χ3n) is 2.78. The van der Waals surface area contributed by atoms with Gasteiger partial charge < -0.3 is 20.7 Å². The molecule has 1 atom stereocenters. The van der Waals surface area contributed by atoms with Gasteiger partial charge in [-0.2, -0.15) is 0 Å². The van der Waals surface area contributed by atoms with Crippen molar-refractivity contribution in [2.24, 2.45) is 5.73 Å². The smallest absolute Gasteiger partial charge is 0.236 e. The summed E-state index contributed by atoms with van der Waals surface area (Å²) in [4.78, 5) is 24.8. The lowest BCUT2D eigenvalue weighted by Gasteiger charge is -2.26. The molecule has 0 bridgehead atoms. The fourth-order valence-corrected chi connectivity index (χ4v) is 1.58. The maximum absolute atomic E-state index is 11.7. The zero-order valence-electron chi connectivity index (χ0n) is 10.3. The van der Waals surface area contributed by atoms with Crippen LogP contribution < -0.4 is 11.1 Å². The Bertz CT molecular complexity index is 265. The number of amides is 2. The number of morpholine rings is 1. The normalized spacial score (nSPS) is 17.6. The zero-order chi connectivity index (χ0) is 12.7. The van der Waals surface area contributed by atoms with Crippen LogP contribution in [0.1, 0.15) is 19.8 Å². The number of carbonyl (C=O) groups excluding carboxylic acids is 2. The lowest BCUT2D eigenvalue weighted by atomic mass is 10.2. The van der Waals surface area contributed by atoms with Crippen molar-refractivity contribution in [3.05, 3.63) is 0 Å². The maximum Gasteiger partial charge on any atom is 0.236 e. The van der Waals surface area contributed by atoms with Crippen LogP contribution in [-0.2, 0) is 14.3 Å². The van der Waals surface area contributed by atoms with E-state index in [9.17, 15) is 9.59 Å². The topological polar surface area (TPSA) is 84.7 Å². The highest BCUT2D eigenvalue weighted by atomic mass is 16.5. The minimum absolute atomic E-state index is 0.0543. The second kappa shape index (κ2) is 7.24. The van der Waals surface area contributed by atoms with E-state index in [1.807, 2.05) is 6.92 Å². The van der Waals surface area contributed by atoms with Crippen molar-refractivity contribution in [1.82, 2.24) is 10.2 Å². The van der Waals surface area contributed by atoms with Gasteiger partial charge in [0.15, 0.2) is 0 Å². The molecule has 6 heteroatoms. The first-order valence-electron chi connectivity index (χ1n) is 6.04. The summed E-state index contributed by atoms with van der Waals surface area (Å²) in [7, 11) is 0. The molecule has 1 saturated heterocycles. The van der Waals surface area contributed by atoms with Crippen molar-refractivity contribution in [2.45, 2.75) is 25.8 Å². The Labute approximate surface area is 101 Å². The molecule has 0 saturated carbocycles. The maximum atomic E-state index is 11.7. The molecular weight excluding hydrogens is 222 g/mol. The van der Waals surface area contributed by atoms with E-state index in [0.29, 0.717) is 45.7 Å². The molecule has 1 heterocycles. The number of nitrogens with one attached hydrogen (secondary N) is 1. The number of hydrogen-bond donors (Lipinski definition) is 2. The van der Waals surface area contributed by atoms with E-state index in [0.717, 1.165) is 0 Å². The molecule has 17 heavy (non-hydrogen) atoms. The summed E-state index contributed by atoms with van der Waals surface area (Å²) in [5.74, 6) is -0.138. The Morgan fingerprint density at radius 2 is 2.06 bits per heavy atom. The van der Waals surface area contributed by atoms with E-state index in [4.69, 9.17) is 10.5 Å². The number of carbonyl (C=O) groups is 2. The summed E-state index contributed by atoms with van der Waals surface area (Å²) >= 11 is 0. The largest absolute Gasteiger partial charge is 0.378 e. The van der Waals surface area contributed by atoms with Crippen LogP contribution >= 0.6 is 0 Å². The molecule has 6 nitrogen and oxygen atoms in total. The molecule has 3 N–H and O–H groups in total. The molecule has 98 valence electrons. The molecular formula is C11H21N3O3. The molecule has 0 radical (unpaired) electrons. The number of ether oxygens (including phenoxy) is 1. The third-order valence-corrected chi connectivity index (χ3v) is 2.78. The fourth-order valence-electron chi connectivity index (χ4n) is 1.58. The molecule has 0 aromatic rings. The van der Waals surface area contributed by atoms with Crippen molar-refractivity contribution >= 4 is 11.8 Å². The van der Waals surface area contributed by atoms with Gasteiger partial charge in [0.25, 0.3) is 0 Å². The molecule has 1 fully saturated rings. The molecule has 2 amide bonds. The Morgan fingerprint density at radius 1 is 1.41 bits per heavy atom. The second-order valence-corrected chi connectivity index (χ2v) is 4.05. The number of hydrogen-bond acceptors (Lipinski definition) is 4. The van der Waals surface area contributed by atoms with Crippen LogP contribution in [-0.4, -0.2) is 55.6 Å². The standard InChI is InChI=1S/C11H21N3O3/c1-2-9(12)11(16)13-4-3-10(15)14-5-7-17-8-6-14/h9H,2-8,12H2,1H3,(H,13,16)/t9-/m1/s1. The van der Waals surface area contributed by atoms with Gasteiger partial charge in [0.05, 0.1) is 19.3 Å². The lowest BCUT2D eigenvalue weighted by Crippen LogP contribution is -2.44. The lowest BCUT2D eigenvalue weighted by molar-refractivity contribution is -0.135. The Morgan fingerprint density at radius 3 is 2.65 bits per heavy atom. The van der Waals surface area contributed by atoms with Crippen LogP contribution in [0.25, 0.3) is 0 Å². The van der Waals surface area contributed by atoms with Gasteiger partial charge in [-0.1, -0.05) is 6.92 Å². The number of rotatable bonds is 5. The highest BCUT2D eigenvalue weighted by Gasteiger charge is 2.17. The Hall–Kier alpha value is -1.14.